The van der Waals surface area contributed by atoms with Crippen molar-refractivity contribution in [2.24, 2.45) is 0 Å². The van der Waals surface area contributed by atoms with E-state index in [9.17, 15) is 10.1 Å². The summed E-state index contributed by atoms with van der Waals surface area (Å²) in [7, 11) is 3.24. The van der Waals surface area contributed by atoms with Gasteiger partial charge in [0.15, 0.2) is 0 Å². The molecule has 1 aliphatic rings. The second-order valence-corrected chi connectivity index (χ2v) is 9.65. The van der Waals surface area contributed by atoms with Gasteiger partial charge in [0, 0.05) is 20.2 Å². The maximum atomic E-state index is 12.8. The van der Waals surface area contributed by atoms with E-state index in [0.717, 1.165) is 11.3 Å². The number of hydrogen-bond donors (Lipinski definition) is 1. The molecule has 2 unspecified atom stereocenters. The first kappa shape index (κ1) is 24.9. The summed E-state index contributed by atoms with van der Waals surface area (Å²) in [5, 5.41) is 17.7. The molecule has 1 aromatic carbocycles. The number of carbonyl (C=O) groups is 1. The number of amides is 1. The molecule has 2 aromatic rings. The van der Waals surface area contributed by atoms with Gasteiger partial charge in [-0.1, -0.05) is 12.1 Å². The van der Waals surface area contributed by atoms with Gasteiger partial charge in [-0.05, 0) is 60.8 Å². The van der Waals surface area contributed by atoms with Crippen molar-refractivity contribution < 1.29 is 19.0 Å². The van der Waals surface area contributed by atoms with Crippen LogP contribution in [-0.4, -0.2) is 59.8 Å². The van der Waals surface area contributed by atoms with Gasteiger partial charge in [0.1, 0.15) is 33.4 Å². The standard InChI is InChI=1S/C23H30BrN5O4/c1-23(2,3)33-22(30)28-13-16(10-17(28)14-31-4)29-21(19(11-25)20(24)27-29)26-12-15-6-8-18(32-5)9-7-15/h6-9,16-17,26H,10,12-14H2,1-5H3. The number of benzene rings is 1. The predicted molar refractivity (Wildman–Crippen MR) is 127 cm³/mol. The maximum absolute atomic E-state index is 12.8. The third kappa shape index (κ3) is 5.97. The molecule has 3 rings (SSSR count). The third-order valence-corrected chi connectivity index (χ3v) is 5.88. The number of nitrogens with one attached hydrogen (secondary N) is 1. The minimum absolute atomic E-state index is 0.144. The second kappa shape index (κ2) is 10.4. The number of methoxy groups -OCH3 is 2. The van der Waals surface area contributed by atoms with Crippen LogP contribution >= 0.6 is 15.9 Å². The van der Waals surface area contributed by atoms with E-state index in [2.05, 4.69) is 32.4 Å². The second-order valence-electron chi connectivity index (χ2n) is 8.90. The van der Waals surface area contributed by atoms with Gasteiger partial charge in [0.05, 0.1) is 25.8 Å². The molecule has 0 saturated carbocycles. The number of likely N-dealkylation sites (tertiary alicyclic amines) is 1. The lowest BCUT2D eigenvalue weighted by Gasteiger charge is -2.28. The van der Waals surface area contributed by atoms with Gasteiger partial charge >= 0.3 is 6.09 Å². The zero-order valence-electron chi connectivity index (χ0n) is 19.6. The average molecular weight is 520 g/mol. The maximum Gasteiger partial charge on any atom is 0.410 e. The molecule has 1 amide bonds. The lowest BCUT2D eigenvalue weighted by Crippen LogP contribution is -2.41. The highest BCUT2D eigenvalue weighted by Gasteiger charge is 2.40. The number of halogens is 1. The number of rotatable bonds is 7. The van der Waals surface area contributed by atoms with Crippen LogP contribution in [0.3, 0.4) is 0 Å². The Bertz CT molecular complexity index is 1010. The fourth-order valence-corrected chi connectivity index (χ4v) is 4.28. The normalized spacial score (nSPS) is 18.2. The number of aromatic nitrogens is 2. The SMILES string of the molecule is COCC1CC(n2nc(Br)c(C#N)c2NCc2ccc(OC)cc2)CN1C(=O)OC(C)(C)C. The number of hydrogen-bond acceptors (Lipinski definition) is 7. The Kier molecular flexibility index (Phi) is 7.87. The van der Waals surface area contributed by atoms with E-state index in [1.165, 1.54) is 0 Å². The third-order valence-electron chi connectivity index (χ3n) is 5.32. The van der Waals surface area contributed by atoms with E-state index in [1.54, 1.807) is 23.8 Å². The topological polar surface area (TPSA) is 102 Å². The van der Waals surface area contributed by atoms with Gasteiger partial charge in [0.2, 0.25) is 0 Å². The summed E-state index contributed by atoms with van der Waals surface area (Å²) in [6.45, 7) is 6.82. The minimum atomic E-state index is -0.597. The van der Waals surface area contributed by atoms with Gasteiger partial charge in [-0.2, -0.15) is 10.4 Å². The van der Waals surface area contributed by atoms with Crippen molar-refractivity contribution in [3.8, 4) is 11.8 Å². The van der Waals surface area contributed by atoms with E-state index in [4.69, 9.17) is 14.2 Å². The summed E-state index contributed by atoms with van der Waals surface area (Å²) in [6, 6.07) is 9.62. The largest absolute Gasteiger partial charge is 0.497 e. The van der Waals surface area contributed by atoms with Crippen molar-refractivity contribution in [2.75, 3.05) is 32.7 Å². The van der Waals surface area contributed by atoms with Crippen molar-refractivity contribution in [3.63, 3.8) is 0 Å². The summed E-state index contributed by atoms with van der Waals surface area (Å²) in [5.74, 6) is 1.38. The highest BCUT2D eigenvalue weighted by Crippen LogP contribution is 2.34. The summed E-state index contributed by atoms with van der Waals surface area (Å²) < 4.78 is 18.4. The fourth-order valence-electron chi connectivity index (χ4n) is 3.83. The first-order valence-electron chi connectivity index (χ1n) is 10.7. The van der Waals surface area contributed by atoms with Gasteiger partial charge in [-0.15, -0.1) is 0 Å². The molecule has 0 radical (unpaired) electrons. The Morgan fingerprint density at radius 3 is 2.58 bits per heavy atom. The van der Waals surface area contributed by atoms with Crippen molar-refractivity contribution in [1.29, 1.82) is 5.26 Å². The molecule has 1 aromatic heterocycles. The molecular formula is C23H30BrN5O4. The monoisotopic (exact) mass is 519 g/mol. The first-order chi connectivity index (χ1) is 15.7. The molecule has 0 spiro atoms. The minimum Gasteiger partial charge on any atom is -0.497 e. The number of nitriles is 1. The zero-order chi connectivity index (χ0) is 24.2. The average Bonchev–Trinajstić information content (AvgIpc) is 3.32. The van der Waals surface area contributed by atoms with Gasteiger partial charge in [0.25, 0.3) is 0 Å². The number of carbonyl (C=O) groups excluding carboxylic acids is 1. The summed E-state index contributed by atoms with van der Waals surface area (Å²) in [5.41, 5.74) is 0.853. The van der Waals surface area contributed by atoms with Crippen LogP contribution in [0.25, 0.3) is 0 Å². The number of nitrogens with zero attached hydrogens (tertiary/aromatic N) is 4. The predicted octanol–water partition coefficient (Wildman–Crippen LogP) is 4.33. The molecule has 33 heavy (non-hydrogen) atoms. The number of anilines is 1. The molecule has 0 bridgehead atoms. The van der Waals surface area contributed by atoms with Gasteiger partial charge in [-0.3, -0.25) is 0 Å². The van der Waals surface area contributed by atoms with Crippen LogP contribution in [0.1, 0.15) is 44.4 Å². The van der Waals surface area contributed by atoms with Crippen molar-refractivity contribution in [3.05, 3.63) is 40.0 Å². The zero-order valence-corrected chi connectivity index (χ0v) is 21.2. The molecule has 10 heteroatoms. The van der Waals surface area contributed by atoms with Crippen LogP contribution in [-0.2, 0) is 16.0 Å². The van der Waals surface area contributed by atoms with Crippen molar-refractivity contribution >= 4 is 27.8 Å². The first-order valence-corrected chi connectivity index (χ1v) is 11.5. The molecule has 178 valence electrons. The molecule has 2 heterocycles. The lowest BCUT2D eigenvalue weighted by atomic mass is 10.2. The van der Waals surface area contributed by atoms with Crippen LogP contribution < -0.4 is 10.1 Å². The molecule has 1 saturated heterocycles. The Morgan fingerprint density at radius 2 is 2.00 bits per heavy atom. The molecule has 1 aliphatic heterocycles. The molecule has 1 fully saturated rings. The van der Waals surface area contributed by atoms with Crippen LogP contribution in [0.15, 0.2) is 28.9 Å². The summed E-state index contributed by atoms with van der Waals surface area (Å²) in [6.07, 6.45) is 0.245. The Morgan fingerprint density at radius 1 is 1.30 bits per heavy atom. The number of ether oxygens (including phenoxy) is 3. The Hall–Kier alpha value is -2.77. The van der Waals surface area contributed by atoms with Crippen LogP contribution in [0.4, 0.5) is 10.6 Å². The van der Waals surface area contributed by atoms with Crippen LogP contribution in [0.5, 0.6) is 5.75 Å². The smallest absolute Gasteiger partial charge is 0.410 e. The fraction of sp³-hybridized carbons (Fsp3) is 0.522. The Labute approximate surface area is 202 Å². The summed E-state index contributed by atoms with van der Waals surface area (Å²) >= 11 is 3.41. The van der Waals surface area contributed by atoms with Gasteiger partial charge in [-0.25, -0.2) is 9.48 Å². The summed E-state index contributed by atoms with van der Waals surface area (Å²) in [4.78, 5) is 14.5. The highest BCUT2D eigenvalue weighted by molar-refractivity contribution is 9.10. The van der Waals surface area contributed by atoms with E-state index >= 15 is 0 Å². The Balaban J connectivity index is 1.84. The van der Waals surface area contributed by atoms with Crippen molar-refractivity contribution in [2.45, 2.75) is 51.4 Å². The van der Waals surface area contributed by atoms with Crippen LogP contribution in [0, 0.1) is 11.3 Å². The van der Waals surface area contributed by atoms with E-state index in [-0.39, 0.29) is 18.2 Å². The lowest BCUT2D eigenvalue weighted by molar-refractivity contribution is 0.0145. The molecule has 1 N–H and O–H groups in total. The molecule has 0 aliphatic carbocycles. The quantitative estimate of drug-likeness (QED) is 0.580. The van der Waals surface area contributed by atoms with Crippen molar-refractivity contribution in [1.82, 2.24) is 14.7 Å². The molecule has 9 nitrogen and oxygen atoms in total. The van der Waals surface area contributed by atoms with E-state index in [0.29, 0.717) is 42.1 Å². The van der Waals surface area contributed by atoms with E-state index in [1.807, 2.05) is 45.0 Å². The highest BCUT2D eigenvalue weighted by atomic mass is 79.9. The van der Waals surface area contributed by atoms with Crippen LogP contribution in [0.2, 0.25) is 0 Å². The van der Waals surface area contributed by atoms with E-state index < -0.39 is 5.60 Å². The molecule has 2 atom stereocenters. The van der Waals surface area contributed by atoms with Gasteiger partial charge < -0.3 is 24.4 Å². The molecular weight excluding hydrogens is 490 g/mol.